The molecule has 2 heterocycles. The molecule has 0 aliphatic carbocycles. The summed E-state index contributed by atoms with van der Waals surface area (Å²) in [6, 6.07) is 8.95. The molecule has 0 unspecified atom stereocenters. The summed E-state index contributed by atoms with van der Waals surface area (Å²) in [6.45, 7) is 0.316. The van der Waals surface area contributed by atoms with Crippen molar-refractivity contribution in [1.29, 1.82) is 0 Å². The van der Waals surface area contributed by atoms with Gasteiger partial charge in [-0.3, -0.25) is 4.79 Å². The van der Waals surface area contributed by atoms with Gasteiger partial charge in [-0.25, -0.2) is 8.42 Å². The number of sulfonamides is 1. The number of hydrogen-bond donors (Lipinski definition) is 1. The third-order valence-corrected chi connectivity index (χ3v) is 7.59. The molecule has 0 bridgehead atoms. The number of halogens is 2. The Morgan fingerprint density at radius 1 is 1.17 bits per heavy atom. The summed E-state index contributed by atoms with van der Waals surface area (Å²) < 4.78 is 27.3. The SMILES string of the molecule is O=C(Nc1ccc(Cl)cc1)[C@@H]1CCCN1S(=O)(=O)c1ccc(Cl)s1. The predicted molar refractivity (Wildman–Crippen MR) is 96.3 cm³/mol. The number of rotatable bonds is 4. The standard InChI is InChI=1S/C15H14Cl2N2O3S2/c16-10-3-5-11(6-4-10)18-15(20)12-2-1-9-19(12)24(21,22)14-8-7-13(17)23-14/h3-8,12H,1-2,9H2,(H,18,20)/t12-/m0/s1. The van der Waals surface area contributed by atoms with Crippen molar-refractivity contribution < 1.29 is 13.2 Å². The molecule has 9 heteroatoms. The van der Waals surface area contributed by atoms with Crippen molar-refractivity contribution in [1.82, 2.24) is 4.31 Å². The fraction of sp³-hybridized carbons (Fsp3) is 0.267. The second-order valence-corrected chi connectivity index (χ2v) is 9.60. The van der Waals surface area contributed by atoms with Gasteiger partial charge in [-0.15, -0.1) is 11.3 Å². The number of amides is 1. The minimum absolute atomic E-state index is 0.152. The van der Waals surface area contributed by atoms with E-state index in [9.17, 15) is 13.2 Å². The normalized spacial score (nSPS) is 18.7. The molecule has 0 radical (unpaired) electrons. The highest BCUT2D eigenvalue weighted by molar-refractivity contribution is 7.91. The molecule has 2 aromatic rings. The average Bonchev–Trinajstić information content (AvgIpc) is 3.19. The maximum Gasteiger partial charge on any atom is 0.253 e. The highest BCUT2D eigenvalue weighted by atomic mass is 35.5. The lowest BCUT2D eigenvalue weighted by molar-refractivity contribution is -0.119. The van der Waals surface area contributed by atoms with Crippen LogP contribution in [-0.4, -0.2) is 31.2 Å². The Morgan fingerprint density at radius 2 is 1.88 bits per heavy atom. The zero-order valence-electron chi connectivity index (χ0n) is 12.4. The molecular formula is C15H14Cl2N2O3S2. The third kappa shape index (κ3) is 3.60. The molecule has 1 amide bonds. The molecule has 1 N–H and O–H groups in total. The van der Waals surface area contributed by atoms with Crippen LogP contribution in [0.25, 0.3) is 0 Å². The highest BCUT2D eigenvalue weighted by Crippen LogP contribution is 2.32. The second-order valence-electron chi connectivity index (χ2n) is 5.33. The van der Waals surface area contributed by atoms with Gasteiger partial charge < -0.3 is 5.32 Å². The first-order chi connectivity index (χ1) is 11.4. The van der Waals surface area contributed by atoms with Crippen molar-refractivity contribution >= 4 is 56.2 Å². The van der Waals surface area contributed by atoms with E-state index in [-0.39, 0.29) is 10.1 Å². The molecule has 1 aromatic carbocycles. The van der Waals surface area contributed by atoms with E-state index >= 15 is 0 Å². The van der Waals surface area contributed by atoms with Gasteiger partial charge in [-0.1, -0.05) is 23.2 Å². The first-order valence-corrected chi connectivity index (χ1v) is 10.2. The van der Waals surface area contributed by atoms with Crippen molar-refractivity contribution in [2.45, 2.75) is 23.1 Å². The fourth-order valence-electron chi connectivity index (χ4n) is 2.60. The molecular weight excluding hydrogens is 391 g/mol. The Morgan fingerprint density at radius 3 is 2.50 bits per heavy atom. The monoisotopic (exact) mass is 404 g/mol. The predicted octanol–water partition coefficient (Wildman–Crippen LogP) is 3.85. The first kappa shape index (κ1) is 17.7. The number of nitrogens with zero attached hydrogens (tertiary/aromatic N) is 1. The molecule has 1 atom stereocenters. The van der Waals surface area contributed by atoms with Crippen molar-refractivity contribution in [3.63, 3.8) is 0 Å². The average molecular weight is 405 g/mol. The van der Waals surface area contributed by atoms with Crippen LogP contribution >= 0.6 is 34.5 Å². The van der Waals surface area contributed by atoms with Crippen LogP contribution in [0, 0.1) is 0 Å². The van der Waals surface area contributed by atoms with Gasteiger partial charge in [0, 0.05) is 17.3 Å². The zero-order valence-corrected chi connectivity index (χ0v) is 15.6. The van der Waals surface area contributed by atoms with Crippen LogP contribution in [0.3, 0.4) is 0 Å². The van der Waals surface area contributed by atoms with Crippen LogP contribution in [0.5, 0.6) is 0 Å². The van der Waals surface area contributed by atoms with E-state index in [1.165, 1.54) is 16.4 Å². The molecule has 1 saturated heterocycles. The van der Waals surface area contributed by atoms with Gasteiger partial charge in [0.25, 0.3) is 10.0 Å². The second kappa shape index (κ2) is 7.01. The Labute approximate surface area is 154 Å². The lowest BCUT2D eigenvalue weighted by Gasteiger charge is -2.22. The minimum Gasteiger partial charge on any atom is -0.325 e. The molecule has 0 saturated carbocycles. The van der Waals surface area contributed by atoms with Gasteiger partial charge in [0.05, 0.1) is 4.34 Å². The van der Waals surface area contributed by atoms with Crippen LogP contribution in [0.2, 0.25) is 9.36 Å². The molecule has 5 nitrogen and oxygen atoms in total. The van der Waals surface area contributed by atoms with E-state index in [1.807, 2.05) is 0 Å². The highest BCUT2D eigenvalue weighted by Gasteiger charge is 2.40. The van der Waals surface area contributed by atoms with Crippen molar-refractivity contribution in [2.75, 3.05) is 11.9 Å². The van der Waals surface area contributed by atoms with E-state index in [2.05, 4.69) is 5.32 Å². The molecule has 1 fully saturated rings. The smallest absolute Gasteiger partial charge is 0.253 e. The molecule has 0 spiro atoms. The van der Waals surface area contributed by atoms with Gasteiger partial charge in [0.1, 0.15) is 10.3 Å². The number of anilines is 1. The summed E-state index contributed by atoms with van der Waals surface area (Å²) in [5, 5.41) is 3.31. The zero-order chi connectivity index (χ0) is 17.3. The van der Waals surface area contributed by atoms with Gasteiger partial charge in [0.2, 0.25) is 5.91 Å². The molecule has 3 rings (SSSR count). The van der Waals surface area contributed by atoms with Gasteiger partial charge in [-0.05, 0) is 49.2 Å². The summed E-state index contributed by atoms with van der Waals surface area (Å²) in [6.07, 6.45) is 1.12. The Kier molecular flexibility index (Phi) is 5.17. The van der Waals surface area contributed by atoms with Crippen LogP contribution in [-0.2, 0) is 14.8 Å². The van der Waals surface area contributed by atoms with Gasteiger partial charge in [-0.2, -0.15) is 4.31 Å². The topological polar surface area (TPSA) is 66.5 Å². The van der Waals surface area contributed by atoms with Crippen molar-refractivity contribution in [3.8, 4) is 0 Å². The first-order valence-electron chi connectivity index (χ1n) is 7.21. The number of nitrogens with one attached hydrogen (secondary N) is 1. The van der Waals surface area contributed by atoms with Gasteiger partial charge >= 0.3 is 0 Å². The van der Waals surface area contributed by atoms with E-state index in [4.69, 9.17) is 23.2 Å². The number of carbonyl (C=O) groups is 1. The minimum atomic E-state index is -3.73. The van der Waals surface area contributed by atoms with Gasteiger partial charge in [0.15, 0.2) is 0 Å². The Hall–Kier alpha value is -1.12. The lowest BCUT2D eigenvalue weighted by atomic mass is 10.2. The summed E-state index contributed by atoms with van der Waals surface area (Å²) in [5.41, 5.74) is 0.577. The number of carbonyl (C=O) groups excluding carboxylic acids is 1. The quantitative estimate of drug-likeness (QED) is 0.841. The molecule has 1 aromatic heterocycles. The Balaban J connectivity index is 1.80. The maximum atomic E-state index is 12.7. The summed E-state index contributed by atoms with van der Waals surface area (Å²) in [4.78, 5) is 12.5. The number of benzene rings is 1. The summed E-state index contributed by atoms with van der Waals surface area (Å²) in [5.74, 6) is -0.346. The Bertz CT molecular complexity index is 850. The van der Waals surface area contributed by atoms with Crippen LogP contribution in [0.15, 0.2) is 40.6 Å². The molecule has 1 aliphatic rings. The summed E-state index contributed by atoms with van der Waals surface area (Å²) in [7, 11) is -3.73. The maximum absolute atomic E-state index is 12.7. The third-order valence-electron chi connectivity index (χ3n) is 3.73. The van der Waals surface area contributed by atoms with Crippen molar-refractivity contribution in [3.05, 3.63) is 45.8 Å². The van der Waals surface area contributed by atoms with E-state index in [1.54, 1.807) is 24.3 Å². The van der Waals surface area contributed by atoms with E-state index in [0.717, 1.165) is 11.3 Å². The molecule has 1 aliphatic heterocycles. The lowest BCUT2D eigenvalue weighted by Crippen LogP contribution is -2.42. The number of hydrogen-bond acceptors (Lipinski definition) is 4. The molecule has 24 heavy (non-hydrogen) atoms. The van der Waals surface area contributed by atoms with Crippen molar-refractivity contribution in [2.24, 2.45) is 0 Å². The van der Waals surface area contributed by atoms with Crippen LogP contribution in [0.4, 0.5) is 5.69 Å². The van der Waals surface area contributed by atoms with E-state index < -0.39 is 16.1 Å². The summed E-state index contributed by atoms with van der Waals surface area (Å²) >= 11 is 12.6. The van der Waals surface area contributed by atoms with Crippen LogP contribution in [0.1, 0.15) is 12.8 Å². The largest absolute Gasteiger partial charge is 0.325 e. The van der Waals surface area contributed by atoms with E-state index in [0.29, 0.717) is 34.4 Å². The number of thiophene rings is 1. The molecule has 128 valence electrons. The fourth-order valence-corrected chi connectivity index (χ4v) is 6.00. The van der Waals surface area contributed by atoms with Crippen LogP contribution < -0.4 is 5.32 Å².